The number of carbonyl (C=O) groups excluding carboxylic acids is 3. The highest BCUT2D eigenvalue weighted by atomic mass is 35.5. The molecule has 7 nitrogen and oxygen atoms in total. The van der Waals surface area contributed by atoms with Crippen LogP contribution in [0.15, 0.2) is 48.6 Å². The van der Waals surface area contributed by atoms with Crippen molar-refractivity contribution < 1.29 is 19.5 Å². The lowest BCUT2D eigenvalue weighted by molar-refractivity contribution is -0.142. The van der Waals surface area contributed by atoms with Crippen LogP contribution in [0.1, 0.15) is 19.8 Å². The predicted octanol–water partition coefficient (Wildman–Crippen LogP) is 2.73. The highest BCUT2D eigenvalue weighted by molar-refractivity contribution is 8.02. The van der Waals surface area contributed by atoms with E-state index in [2.05, 4.69) is 6.08 Å². The van der Waals surface area contributed by atoms with E-state index in [9.17, 15) is 19.5 Å². The molecule has 4 heterocycles. The molecule has 1 N–H and O–H groups in total. The fraction of sp³-hybridized carbons (Fsp3) is 0.500. The van der Waals surface area contributed by atoms with E-state index < -0.39 is 22.6 Å². The first-order chi connectivity index (χ1) is 16.9. The smallest absolute Gasteiger partial charge is 0.251 e. The largest absolute Gasteiger partial charge is 0.396 e. The Balaban J connectivity index is 1.58. The van der Waals surface area contributed by atoms with Crippen LogP contribution in [0.2, 0.25) is 5.02 Å². The number of aliphatic hydroxyl groups is 1. The molecule has 0 aromatic heterocycles. The number of amides is 3. The van der Waals surface area contributed by atoms with E-state index in [0.29, 0.717) is 36.8 Å². The van der Waals surface area contributed by atoms with Crippen LogP contribution in [0.4, 0.5) is 5.69 Å². The van der Waals surface area contributed by atoms with Crippen molar-refractivity contribution >= 4 is 46.8 Å². The average Bonchev–Trinajstić information content (AvgIpc) is 3.16. The van der Waals surface area contributed by atoms with Crippen LogP contribution in [0.5, 0.6) is 0 Å². The third kappa shape index (κ3) is 3.90. The number of aliphatic hydroxyl groups excluding tert-OH is 1. The molecule has 0 radical (unpaired) electrons. The van der Waals surface area contributed by atoms with E-state index in [4.69, 9.17) is 11.6 Å². The van der Waals surface area contributed by atoms with Gasteiger partial charge in [0, 0.05) is 48.7 Å². The van der Waals surface area contributed by atoms with Crippen LogP contribution < -0.4 is 4.90 Å². The van der Waals surface area contributed by atoms with Crippen molar-refractivity contribution in [3.63, 3.8) is 0 Å². The Bertz CT molecular complexity index is 1080. The molecule has 1 unspecified atom stereocenters. The van der Waals surface area contributed by atoms with Gasteiger partial charge < -0.3 is 19.8 Å². The van der Waals surface area contributed by atoms with Crippen molar-refractivity contribution in [3.05, 3.63) is 53.6 Å². The number of thioether (sulfide) groups is 1. The number of likely N-dealkylation sites (tertiary alicyclic amines) is 1. The number of carbonyl (C=O) groups is 3. The molecule has 0 bridgehead atoms. The normalized spacial score (nSPS) is 32.0. The third-order valence-corrected chi connectivity index (χ3v) is 9.43. The second kappa shape index (κ2) is 9.64. The Morgan fingerprint density at radius 3 is 2.54 bits per heavy atom. The molecular formula is C26H30ClN3O4S. The molecule has 4 aliphatic rings. The zero-order valence-corrected chi connectivity index (χ0v) is 21.3. The van der Waals surface area contributed by atoms with Crippen LogP contribution >= 0.6 is 23.4 Å². The zero-order chi connectivity index (χ0) is 24.7. The maximum absolute atomic E-state index is 14.2. The van der Waals surface area contributed by atoms with Crippen molar-refractivity contribution in [2.45, 2.75) is 35.8 Å². The summed E-state index contributed by atoms with van der Waals surface area (Å²) in [5.74, 6) is -1.48. The molecule has 2 saturated heterocycles. The van der Waals surface area contributed by atoms with Crippen LogP contribution in [-0.2, 0) is 14.4 Å². The maximum atomic E-state index is 14.2. The number of nitrogens with zero attached hydrogens (tertiary/aromatic N) is 3. The highest BCUT2D eigenvalue weighted by Crippen LogP contribution is 2.61. The summed E-state index contributed by atoms with van der Waals surface area (Å²) in [6, 6.07) is 6.35. The molecule has 4 aliphatic heterocycles. The Kier molecular flexibility index (Phi) is 6.72. The lowest BCUT2D eigenvalue weighted by Crippen LogP contribution is -2.53. The molecular weight excluding hydrogens is 486 g/mol. The van der Waals surface area contributed by atoms with E-state index >= 15 is 0 Å². The predicted molar refractivity (Wildman–Crippen MR) is 137 cm³/mol. The topological polar surface area (TPSA) is 81.2 Å². The van der Waals surface area contributed by atoms with Crippen LogP contribution in [0, 0.1) is 11.8 Å². The number of anilines is 1. The number of benzene rings is 1. The number of rotatable bonds is 6. The maximum Gasteiger partial charge on any atom is 0.251 e. The van der Waals surface area contributed by atoms with E-state index in [1.54, 1.807) is 45.8 Å². The minimum Gasteiger partial charge on any atom is -0.396 e. The highest BCUT2D eigenvalue weighted by Gasteiger charge is 2.70. The summed E-state index contributed by atoms with van der Waals surface area (Å²) in [6.07, 6.45) is 9.26. The fourth-order valence-corrected chi connectivity index (χ4v) is 8.13. The molecule has 1 spiro atoms. The van der Waals surface area contributed by atoms with Crippen molar-refractivity contribution in [2.24, 2.45) is 11.8 Å². The lowest BCUT2D eigenvalue weighted by atomic mass is 9.78. The molecule has 35 heavy (non-hydrogen) atoms. The van der Waals surface area contributed by atoms with Gasteiger partial charge in [0.25, 0.3) is 5.91 Å². The summed E-state index contributed by atoms with van der Waals surface area (Å²) in [5.41, 5.74) is 0.710. The van der Waals surface area contributed by atoms with Gasteiger partial charge in [0.15, 0.2) is 0 Å². The van der Waals surface area contributed by atoms with Gasteiger partial charge in [-0.15, -0.1) is 11.8 Å². The van der Waals surface area contributed by atoms with Gasteiger partial charge >= 0.3 is 0 Å². The number of hydrogen-bond acceptors (Lipinski definition) is 5. The Hall–Kier alpha value is -2.29. The molecule has 1 aromatic rings. The molecule has 0 saturated carbocycles. The first-order valence-electron chi connectivity index (χ1n) is 12.2. The number of fused-ring (bicyclic) bond motifs is 2. The summed E-state index contributed by atoms with van der Waals surface area (Å²) in [6.45, 7) is 3.79. The summed E-state index contributed by atoms with van der Waals surface area (Å²) < 4.78 is -0.838. The monoisotopic (exact) mass is 515 g/mol. The first kappa shape index (κ1) is 24.4. The second-order valence-electron chi connectivity index (χ2n) is 9.49. The molecule has 9 heteroatoms. The Morgan fingerprint density at radius 2 is 1.83 bits per heavy atom. The van der Waals surface area contributed by atoms with Crippen molar-refractivity contribution in [2.75, 3.05) is 37.7 Å². The molecule has 3 amide bonds. The van der Waals surface area contributed by atoms with Crippen LogP contribution in [-0.4, -0.2) is 81.5 Å². The Morgan fingerprint density at radius 1 is 1.06 bits per heavy atom. The van der Waals surface area contributed by atoms with Gasteiger partial charge in [-0.1, -0.05) is 42.8 Å². The average molecular weight is 516 g/mol. The SMILES string of the molecule is CCCN1CC=C[C@@H]2S[C@]34C=CCN(c5ccc(Cl)cc5)C(=O)C3N(CCCO)C(=O)[C@@H]4[C@@H]2C1=O. The lowest BCUT2D eigenvalue weighted by Gasteiger charge is -2.35. The molecule has 5 rings (SSSR count). The van der Waals surface area contributed by atoms with E-state index in [1.807, 2.05) is 30.1 Å². The summed E-state index contributed by atoms with van der Waals surface area (Å²) in [5, 5.41) is 9.93. The minimum absolute atomic E-state index is 0.00742. The van der Waals surface area contributed by atoms with Crippen molar-refractivity contribution in [3.8, 4) is 0 Å². The van der Waals surface area contributed by atoms with Gasteiger partial charge in [-0.25, -0.2) is 0 Å². The number of halogens is 1. The fourth-order valence-electron chi connectivity index (χ4n) is 5.99. The molecule has 1 aromatic carbocycles. The van der Waals surface area contributed by atoms with Gasteiger partial charge in [0.2, 0.25) is 11.8 Å². The van der Waals surface area contributed by atoms with Gasteiger partial charge in [-0.05, 0) is 37.1 Å². The van der Waals surface area contributed by atoms with Crippen LogP contribution in [0.25, 0.3) is 0 Å². The first-order valence-corrected chi connectivity index (χ1v) is 13.5. The molecule has 0 aliphatic carbocycles. The Labute approximate surface area is 214 Å². The van der Waals surface area contributed by atoms with Gasteiger partial charge in [-0.2, -0.15) is 0 Å². The summed E-state index contributed by atoms with van der Waals surface area (Å²) in [4.78, 5) is 47.0. The van der Waals surface area contributed by atoms with Crippen LogP contribution in [0.3, 0.4) is 0 Å². The molecule has 186 valence electrons. The van der Waals surface area contributed by atoms with Gasteiger partial charge in [-0.3, -0.25) is 14.4 Å². The number of hydrogen-bond donors (Lipinski definition) is 1. The second-order valence-corrected chi connectivity index (χ2v) is 11.4. The van der Waals surface area contributed by atoms with E-state index in [1.165, 1.54) is 0 Å². The third-order valence-electron chi connectivity index (χ3n) is 7.43. The van der Waals surface area contributed by atoms with E-state index in [-0.39, 0.29) is 36.1 Å². The van der Waals surface area contributed by atoms with Crippen molar-refractivity contribution in [1.29, 1.82) is 0 Å². The summed E-state index contributed by atoms with van der Waals surface area (Å²) in [7, 11) is 0. The van der Waals surface area contributed by atoms with E-state index in [0.717, 1.165) is 6.42 Å². The standard InChI is InChI=1S/C26H30ClN3O4S/c1-2-12-28-13-3-6-19-20(23(28)32)21-24(33)30(15-5-16-31)22-25(34)29(14-4-11-26(21,22)35-19)18-9-7-17(27)8-10-18/h3-4,6-11,19-22,31H,2,5,12-16H2,1H3/t19-,20+,21-,22?,26-/m0/s1. The van der Waals surface area contributed by atoms with Crippen molar-refractivity contribution in [1.82, 2.24) is 9.80 Å². The zero-order valence-electron chi connectivity index (χ0n) is 19.7. The minimum atomic E-state index is -0.838. The van der Waals surface area contributed by atoms with Gasteiger partial charge in [0.05, 0.1) is 16.6 Å². The molecule has 2 fully saturated rings. The quantitative estimate of drug-likeness (QED) is 0.589. The van der Waals surface area contributed by atoms with Gasteiger partial charge in [0.1, 0.15) is 6.04 Å². The summed E-state index contributed by atoms with van der Waals surface area (Å²) >= 11 is 7.65. The molecule has 5 atom stereocenters.